The molecule has 24 heavy (non-hydrogen) atoms. The van der Waals surface area contributed by atoms with Crippen LogP contribution in [0.15, 0.2) is 25.0 Å². The van der Waals surface area contributed by atoms with E-state index in [-0.39, 0.29) is 17.9 Å². The molecular formula is C15H19N7O2. The van der Waals surface area contributed by atoms with Gasteiger partial charge < -0.3 is 15.0 Å². The molecule has 0 radical (unpaired) electrons. The summed E-state index contributed by atoms with van der Waals surface area (Å²) in [7, 11) is 0. The molecule has 9 heteroatoms. The van der Waals surface area contributed by atoms with E-state index in [2.05, 4.69) is 30.3 Å². The van der Waals surface area contributed by atoms with E-state index in [0.717, 1.165) is 25.3 Å². The van der Waals surface area contributed by atoms with Crippen molar-refractivity contribution in [3.05, 3.63) is 25.0 Å². The summed E-state index contributed by atoms with van der Waals surface area (Å²) >= 11 is 0. The van der Waals surface area contributed by atoms with Gasteiger partial charge in [0.1, 0.15) is 24.8 Å². The molecule has 2 aliphatic rings. The molecule has 1 N–H and O–H groups in total. The number of carbonyl (C=O) groups excluding carboxylic acids is 1. The standard InChI is InChI=1S/C15H19N7O2/c23-15(17-5-12-2-1-3-24-12)11-6-21(7-11)13-4-14(19-9-18-13)22-10-16-8-20-22/h4,8-12H,1-3,5-7H2,(H,17,23). The summed E-state index contributed by atoms with van der Waals surface area (Å²) in [6.07, 6.45) is 6.83. The fraction of sp³-hybridized carbons (Fsp3) is 0.533. The Balaban J connectivity index is 1.30. The van der Waals surface area contributed by atoms with Gasteiger partial charge in [-0.1, -0.05) is 0 Å². The van der Waals surface area contributed by atoms with E-state index in [1.54, 1.807) is 11.0 Å². The molecule has 4 heterocycles. The van der Waals surface area contributed by atoms with Gasteiger partial charge >= 0.3 is 0 Å². The van der Waals surface area contributed by atoms with Crippen LogP contribution >= 0.6 is 0 Å². The third-order valence-corrected chi connectivity index (χ3v) is 4.40. The maximum atomic E-state index is 12.2. The Morgan fingerprint density at radius 1 is 1.29 bits per heavy atom. The first-order chi connectivity index (χ1) is 11.8. The zero-order valence-corrected chi connectivity index (χ0v) is 13.2. The Bertz CT molecular complexity index is 694. The highest BCUT2D eigenvalue weighted by Crippen LogP contribution is 2.23. The number of carbonyl (C=O) groups is 1. The first-order valence-electron chi connectivity index (χ1n) is 8.11. The summed E-state index contributed by atoms with van der Waals surface area (Å²) in [6, 6.07) is 1.84. The molecule has 0 aromatic carbocycles. The van der Waals surface area contributed by atoms with Crippen molar-refractivity contribution in [3.63, 3.8) is 0 Å². The first kappa shape index (κ1) is 15.0. The molecule has 2 aliphatic heterocycles. The van der Waals surface area contributed by atoms with E-state index in [0.29, 0.717) is 25.5 Å². The molecule has 0 spiro atoms. The number of amides is 1. The average molecular weight is 329 g/mol. The van der Waals surface area contributed by atoms with Crippen LogP contribution in [0.25, 0.3) is 5.82 Å². The molecule has 0 bridgehead atoms. The molecule has 2 aromatic heterocycles. The van der Waals surface area contributed by atoms with Crippen LogP contribution in [0.3, 0.4) is 0 Å². The lowest BCUT2D eigenvalue weighted by molar-refractivity contribution is -0.126. The molecule has 1 atom stereocenters. The van der Waals surface area contributed by atoms with E-state index in [1.165, 1.54) is 12.7 Å². The average Bonchev–Trinajstić information content (AvgIpc) is 3.25. The molecule has 2 fully saturated rings. The van der Waals surface area contributed by atoms with Gasteiger partial charge in [-0.05, 0) is 12.8 Å². The van der Waals surface area contributed by atoms with E-state index in [4.69, 9.17) is 4.74 Å². The number of hydrogen-bond acceptors (Lipinski definition) is 7. The van der Waals surface area contributed by atoms with Gasteiger partial charge in [0.05, 0.1) is 12.0 Å². The monoisotopic (exact) mass is 329 g/mol. The Morgan fingerprint density at radius 3 is 2.92 bits per heavy atom. The second-order valence-electron chi connectivity index (χ2n) is 6.06. The second kappa shape index (κ2) is 6.52. The predicted molar refractivity (Wildman–Crippen MR) is 84.6 cm³/mol. The Kier molecular flexibility index (Phi) is 4.08. The van der Waals surface area contributed by atoms with Crippen molar-refractivity contribution in [1.29, 1.82) is 0 Å². The zero-order chi connectivity index (χ0) is 16.4. The van der Waals surface area contributed by atoms with Gasteiger partial charge in [-0.25, -0.2) is 19.6 Å². The van der Waals surface area contributed by atoms with E-state index >= 15 is 0 Å². The van der Waals surface area contributed by atoms with Crippen molar-refractivity contribution in [2.45, 2.75) is 18.9 Å². The van der Waals surface area contributed by atoms with Crippen LogP contribution in [-0.4, -0.2) is 63.0 Å². The van der Waals surface area contributed by atoms with Gasteiger partial charge in [0, 0.05) is 32.3 Å². The van der Waals surface area contributed by atoms with Crippen LogP contribution in [0.5, 0.6) is 0 Å². The minimum atomic E-state index is -0.00353. The molecule has 2 saturated heterocycles. The quantitative estimate of drug-likeness (QED) is 0.810. The third-order valence-electron chi connectivity index (χ3n) is 4.40. The normalized spacial score (nSPS) is 20.8. The number of rotatable bonds is 5. The summed E-state index contributed by atoms with van der Waals surface area (Å²) < 4.78 is 7.10. The molecule has 0 aliphatic carbocycles. The van der Waals surface area contributed by atoms with Gasteiger partial charge in [-0.3, -0.25) is 4.79 Å². The van der Waals surface area contributed by atoms with Crippen molar-refractivity contribution in [3.8, 4) is 5.82 Å². The fourth-order valence-electron chi connectivity index (χ4n) is 2.96. The fourth-order valence-corrected chi connectivity index (χ4v) is 2.96. The summed E-state index contributed by atoms with van der Waals surface area (Å²) in [6.45, 7) is 2.73. The molecule has 0 saturated carbocycles. The highest BCUT2D eigenvalue weighted by molar-refractivity contribution is 5.81. The van der Waals surface area contributed by atoms with Crippen LogP contribution in [0, 0.1) is 5.92 Å². The van der Waals surface area contributed by atoms with Gasteiger partial charge in [0.25, 0.3) is 0 Å². The molecule has 1 unspecified atom stereocenters. The molecular weight excluding hydrogens is 310 g/mol. The van der Waals surface area contributed by atoms with Crippen LogP contribution in [0.2, 0.25) is 0 Å². The summed E-state index contributed by atoms with van der Waals surface area (Å²) in [5, 5.41) is 7.04. The molecule has 2 aromatic rings. The van der Waals surface area contributed by atoms with Gasteiger partial charge in [0.15, 0.2) is 5.82 Å². The largest absolute Gasteiger partial charge is 0.376 e. The van der Waals surface area contributed by atoms with Crippen LogP contribution < -0.4 is 10.2 Å². The smallest absolute Gasteiger partial charge is 0.226 e. The number of nitrogens with zero attached hydrogens (tertiary/aromatic N) is 6. The molecule has 4 rings (SSSR count). The lowest BCUT2D eigenvalue weighted by Gasteiger charge is -2.39. The van der Waals surface area contributed by atoms with E-state index in [9.17, 15) is 4.79 Å². The van der Waals surface area contributed by atoms with Crippen molar-refractivity contribution < 1.29 is 9.53 Å². The van der Waals surface area contributed by atoms with Crippen molar-refractivity contribution in [2.75, 3.05) is 31.1 Å². The number of nitrogens with one attached hydrogen (secondary N) is 1. The maximum absolute atomic E-state index is 12.2. The Morgan fingerprint density at radius 2 is 2.17 bits per heavy atom. The zero-order valence-electron chi connectivity index (χ0n) is 13.2. The number of aromatic nitrogens is 5. The lowest BCUT2D eigenvalue weighted by Crippen LogP contribution is -2.54. The highest BCUT2D eigenvalue weighted by Gasteiger charge is 2.34. The first-order valence-corrected chi connectivity index (χ1v) is 8.11. The van der Waals surface area contributed by atoms with Gasteiger partial charge in [-0.2, -0.15) is 5.10 Å². The van der Waals surface area contributed by atoms with Crippen LogP contribution in [0.4, 0.5) is 5.82 Å². The van der Waals surface area contributed by atoms with E-state index < -0.39 is 0 Å². The third kappa shape index (κ3) is 3.07. The summed E-state index contributed by atoms with van der Waals surface area (Å²) in [5.41, 5.74) is 0. The molecule has 9 nitrogen and oxygen atoms in total. The minimum Gasteiger partial charge on any atom is -0.376 e. The number of ether oxygens (including phenoxy) is 1. The lowest BCUT2D eigenvalue weighted by atomic mass is 9.99. The van der Waals surface area contributed by atoms with Crippen molar-refractivity contribution in [2.24, 2.45) is 5.92 Å². The van der Waals surface area contributed by atoms with Gasteiger partial charge in [0.2, 0.25) is 5.91 Å². The van der Waals surface area contributed by atoms with Crippen LogP contribution in [-0.2, 0) is 9.53 Å². The Labute approximate surface area is 139 Å². The van der Waals surface area contributed by atoms with Crippen molar-refractivity contribution >= 4 is 11.7 Å². The molecule has 1 amide bonds. The van der Waals surface area contributed by atoms with Crippen LogP contribution in [0.1, 0.15) is 12.8 Å². The summed E-state index contributed by atoms with van der Waals surface area (Å²) in [4.78, 5) is 26.6. The van der Waals surface area contributed by atoms with Gasteiger partial charge in [-0.15, -0.1) is 0 Å². The second-order valence-corrected chi connectivity index (χ2v) is 6.06. The summed E-state index contributed by atoms with van der Waals surface area (Å²) in [5.74, 6) is 1.53. The topological polar surface area (TPSA) is 98.1 Å². The minimum absolute atomic E-state index is 0.00353. The SMILES string of the molecule is O=C(NCC1CCCO1)C1CN(c2cc(-n3cncn3)ncn2)C1. The van der Waals surface area contributed by atoms with Crippen molar-refractivity contribution in [1.82, 2.24) is 30.0 Å². The number of anilines is 1. The Hall–Kier alpha value is -2.55. The highest BCUT2D eigenvalue weighted by atomic mass is 16.5. The maximum Gasteiger partial charge on any atom is 0.226 e. The van der Waals surface area contributed by atoms with E-state index in [1.807, 2.05) is 6.07 Å². The number of hydrogen-bond donors (Lipinski definition) is 1. The molecule has 126 valence electrons. The predicted octanol–water partition coefficient (Wildman–Crippen LogP) is -0.211.